The van der Waals surface area contributed by atoms with Crippen molar-refractivity contribution in [2.24, 2.45) is 21.9 Å². The van der Waals surface area contributed by atoms with Crippen LogP contribution in [0.15, 0.2) is 22.3 Å². The molecule has 1 unspecified atom stereocenters. The predicted octanol–water partition coefficient (Wildman–Crippen LogP) is 3.10. The molecule has 3 heteroatoms. The summed E-state index contributed by atoms with van der Waals surface area (Å²) in [4.78, 5) is 0. The molecule has 2 rings (SSSR count). The van der Waals surface area contributed by atoms with Gasteiger partial charge in [-0.1, -0.05) is 13.0 Å². The first-order valence-corrected chi connectivity index (χ1v) is 6.51. The number of benzene rings is 1. The van der Waals surface area contributed by atoms with Gasteiger partial charge in [-0.25, -0.2) is 0 Å². The maximum atomic E-state index is 5.78. The molecule has 0 bridgehead atoms. The Morgan fingerprint density at radius 3 is 2.44 bits per heavy atom. The van der Waals surface area contributed by atoms with Crippen LogP contribution in [-0.4, -0.2) is 11.5 Å². The van der Waals surface area contributed by atoms with Gasteiger partial charge >= 0.3 is 0 Å². The molecule has 3 nitrogen and oxygen atoms in total. The van der Waals surface area contributed by atoms with Gasteiger partial charge in [0.05, 0.1) is 5.71 Å². The predicted molar refractivity (Wildman–Crippen MR) is 77.2 cm³/mol. The molecule has 0 spiro atoms. The van der Waals surface area contributed by atoms with E-state index >= 15 is 0 Å². The van der Waals surface area contributed by atoms with E-state index in [9.17, 15) is 0 Å². The number of amidine groups is 1. The average Bonchev–Trinajstić information content (AvgIpc) is 2.34. The van der Waals surface area contributed by atoms with E-state index in [1.54, 1.807) is 0 Å². The Labute approximate surface area is 109 Å². The third-order valence-electron chi connectivity index (χ3n) is 3.74. The zero-order valence-corrected chi connectivity index (χ0v) is 11.6. The average molecular weight is 243 g/mol. The largest absolute Gasteiger partial charge is 0.386 e. The Balaban J connectivity index is 2.50. The van der Waals surface area contributed by atoms with Crippen LogP contribution in [0, 0.1) is 26.7 Å². The molecule has 1 aromatic rings. The van der Waals surface area contributed by atoms with E-state index < -0.39 is 0 Å². The van der Waals surface area contributed by atoms with Crippen molar-refractivity contribution in [2.45, 2.75) is 40.5 Å². The van der Waals surface area contributed by atoms with E-state index in [1.807, 2.05) is 0 Å². The molecule has 1 atom stereocenters. The lowest BCUT2D eigenvalue weighted by atomic mass is 9.87. The second-order valence-corrected chi connectivity index (χ2v) is 5.14. The van der Waals surface area contributed by atoms with Crippen molar-refractivity contribution < 1.29 is 0 Å². The molecule has 18 heavy (non-hydrogen) atoms. The quantitative estimate of drug-likeness (QED) is 0.852. The zero-order valence-electron chi connectivity index (χ0n) is 11.6. The first-order chi connectivity index (χ1) is 8.52. The summed E-state index contributed by atoms with van der Waals surface area (Å²) in [7, 11) is 0. The van der Waals surface area contributed by atoms with E-state index in [0.717, 1.165) is 18.6 Å². The number of aryl methyl sites for hydroxylation is 3. The van der Waals surface area contributed by atoms with Crippen molar-refractivity contribution in [3.63, 3.8) is 0 Å². The van der Waals surface area contributed by atoms with Crippen LogP contribution >= 0.6 is 0 Å². The fourth-order valence-electron chi connectivity index (χ4n) is 2.44. The Kier molecular flexibility index (Phi) is 3.50. The summed E-state index contributed by atoms with van der Waals surface area (Å²) in [6.07, 6.45) is 1.86. The SMILES string of the molecule is CCC1CC(N)=NN=C1c1cc(C)c(C)cc1C. The molecule has 1 aromatic carbocycles. The van der Waals surface area contributed by atoms with Gasteiger partial charge in [-0.15, -0.1) is 5.10 Å². The van der Waals surface area contributed by atoms with Crippen LogP contribution in [0.1, 0.15) is 42.0 Å². The fourth-order valence-corrected chi connectivity index (χ4v) is 2.44. The van der Waals surface area contributed by atoms with Crippen LogP contribution in [-0.2, 0) is 0 Å². The monoisotopic (exact) mass is 243 g/mol. The normalized spacial score (nSPS) is 19.4. The van der Waals surface area contributed by atoms with Crippen molar-refractivity contribution in [1.29, 1.82) is 0 Å². The van der Waals surface area contributed by atoms with E-state index in [4.69, 9.17) is 5.73 Å². The van der Waals surface area contributed by atoms with E-state index in [1.165, 1.54) is 22.3 Å². The second-order valence-electron chi connectivity index (χ2n) is 5.14. The summed E-state index contributed by atoms with van der Waals surface area (Å²) in [6, 6.07) is 4.45. The maximum Gasteiger partial charge on any atom is 0.123 e. The molecular weight excluding hydrogens is 222 g/mol. The van der Waals surface area contributed by atoms with Gasteiger partial charge in [-0.05, 0) is 49.9 Å². The van der Waals surface area contributed by atoms with E-state index in [0.29, 0.717) is 11.8 Å². The summed E-state index contributed by atoms with van der Waals surface area (Å²) >= 11 is 0. The highest BCUT2D eigenvalue weighted by Crippen LogP contribution is 2.25. The number of hydrogen-bond donors (Lipinski definition) is 1. The third-order valence-corrected chi connectivity index (χ3v) is 3.74. The molecular formula is C15H21N3. The Bertz CT molecular complexity index is 527. The molecule has 0 amide bonds. The molecule has 0 radical (unpaired) electrons. The van der Waals surface area contributed by atoms with Crippen LogP contribution in [0.3, 0.4) is 0 Å². The van der Waals surface area contributed by atoms with Crippen molar-refractivity contribution >= 4 is 11.5 Å². The Morgan fingerprint density at radius 2 is 1.78 bits per heavy atom. The zero-order chi connectivity index (χ0) is 13.3. The fraction of sp³-hybridized carbons (Fsp3) is 0.467. The van der Waals surface area contributed by atoms with Crippen molar-refractivity contribution in [3.8, 4) is 0 Å². The maximum absolute atomic E-state index is 5.78. The van der Waals surface area contributed by atoms with Gasteiger partial charge in [0, 0.05) is 17.9 Å². The van der Waals surface area contributed by atoms with Crippen LogP contribution < -0.4 is 5.73 Å². The lowest BCUT2D eigenvalue weighted by Gasteiger charge is -2.22. The van der Waals surface area contributed by atoms with Crippen LogP contribution in [0.4, 0.5) is 0 Å². The number of hydrogen-bond acceptors (Lipinski definition) is 3. The summed E-state index contributed by atoms with van der Waals surface area (Å²) in [5, 5.41) is 8.41. The van der Waals surface area contributed by atoms with Gasteiger partial charge in [-0.3, -0.25) is 0 Å². The molecule has 1 aliphatic heterocycles. The van der Waals surface area contributed by atoms with Crippen molar-refractivity contribution in [1.82, 2.24) is 0 Å². The standard InChI is InChI=1S/C15H21N3/c1-5-12-8-14(16)17-18-15(12)13-7-10(3)9(2)6-11(13)4/h6-7,12H,5,8H2,1-4H3,(H2,16,17). The molecule has 0 saturated heterocycles. The summed E-state index contributed by atoms with van der Waals surface area (Å²) in [5.41, 5.74) is 12.0. The second kappa shape index (κ2) is 4.92. The minimum atomic E-state index is 0.392. The van der Waals surface area contributed by atoms with Gasteiger partial charge in [0.2, 0.25) is 0 Å². The lowest BCUT2D eigenvalue weighted by Crippen LogP contribution is -2.27. The summed E-state index contributed by atoms with van der Waals surface area (Å²) in [6.45, 7) is 8.59. The first-order valence-electron chi connectivity index (χ1n) is 6.51. The number of nitrogens with zero attached hydrogens (tertiary/aromatic N) is 2. The molecule has 2 N–H and O–H groups in total. The summed E-state index contributed by atoms with van der Waals surface area (Å²) in [5.74, 6) is 1.04. The van der Waals surface area contributed by atoms with Crippen LogP contribution in [0.2, 0.25) is 0 Å². The minimum Gasteiger partial charge on any atom is -0.386 e. The van der Waals surface area contributed by atoms with Crippen molar-refractivity contribution in [3.05, 3.63) is 34.4 Å². The van der Waals surface area contributed by atoms with Crippen LogP contribution in [0.25, 0.3) is 0 Å². The molecule has 1 aliphatic rings. The highest BCUT2D eigenvalue weighted by Gasteiger charge is 2.22. The highest BCUT2D eigenvalue weighted by molar-refractivity contribution is 6.06. The van der Waals surface area contributed by atoms with Gasteiger partial charge in [0.15, 0.2) is 0 Å². The summed E-state index contributed by atoms with van der Waals surface area (Å²) < 4.78 is 0. The molecule has 0 aromatic heterocycles. The van der Waals surface area contributed by atoms with Gasteiger partial charge in [0.25, 0.3) is 0 Å². The van der Waals surface area contributed by atoms with Gasteiger partial charge in [-0.2, -0.15) is 5.10 Å². The molecule has 0 fully saturated rings. The lowest BCUT2D eigenvalue weighted by molar-refractivity contribution is 0.676. The first kappa shape index (κ1) is 12.8. The van der Waals surface area contributed by atoms with Crippen LogP contribution in [0.5, 0.6) is 0 Å². The Morgan fingerprint density at radius 1 is 1.11 bits per heavy atom. The topological polar surface area (TPSA) is 50.7 Å². The number of rotatable bonds is 2. The van der Waals surface area contributed by atoms with Crippen molar-refractivity contribution in [2.75, 3.05) is 0 Å². The van der Waals surface area contributed by atoms with Gasteiger partial charge in [0.1, 0.15) is 5.84 Å². The van der Waals surface area contributed by atoms with E-state index in [-0.39, 0.29) is 0 Å². The van der Waals surface area contributed by atoms with E-state index in [2.05, 4.69) is 50.0 Å². The third kappa shape index (κ3) is 2.30. The minimum absolute atomic E-state index is 0.392. The van der Waals surface area contributed by atoms with Gasteiger partial charge < -0.3 is 5.73 Å². The number of nitrogens with two attached hydrogens (primary N) is 1. The molecule has 0 aliphatic carbocycles. The highest BCUT2D eigenvalue weighted by atomic mass is 15.2. The molecule has 1 heterocycles. The smallest absolute Gasteiger partial charge is 0.123 e. The molecule has 96 valence electrons. The Hall–Kier alpha value is -1.64. The molecule has 0 saturated carbocycles.